The van der Waals surface area contributed by atoms with Gasteiger partial charge in [-0.15, -0.1) is 0 Å². The van der Waals surface area contributed by atoms with Crippen molar-refractivity contribution < 1.29 is 81.1 Å². The van der Waals surface area contributed by atoms with E-state index < -0.39 is 123 Å². The molecule has 24 nitrogen and oxygen atoms in total. The van der Waals surface area contributed by atoms with Crippen LogP contribution in [0.5, 0.6) is 0 Å². The minimum atomic E-state index is -1.57. The molecule has 3 aromatic rings. The molecule has 6 rings (SSSR count). The summed E-state index contributed by atoms with van der Waals surface area (Å²) < 4.78 is 41.2. The second-order valence-corrected chi connectivity index (χ2v) is 36.6. The molecule has 3 atom stereocenters. The van der Waals surface area contributed by atoms with Crippen LogP contribution in [0.3, 0.4) is 0 Å². The van der Waals surface area contributed by atoms with Crippen LogP contribution in [0.15, 0.2) is 18.2 Å². The van der Waals surface area contributed by atoms with E-state index in [0.29, 0.717) is 46.6 Å². The van der Waals surface area contributed by atoms with Crippen LogP contribution in [-0.2, 0) is 82.7 Å². The van der Waals surface area contributed by atoms with Crippen LogP contribution in [0.2, 0.25) is 0 Å². The number of aromatic nitrogens is 4. The SMILES string of the molecule is CCCCCCOC(C)c1c(C)c2cc3nc(c4c5[nH]c(cc6nc(cc1[nH]2)C(C)=C6CC)c(C)c5C(=O)C4)[C@@H](CCC(=O)N(CC(=O)NC(CCC(=O)OC(C)(C)C)(CCC(=O)OC(C)(C)C)CCC(=O)OC(C)(C)C)CC(=O)NC(CCC(=O)OC(C)(C)C)(CCC(=O)OC(C)(C)C)CCC(=O)OC(C)(C)C)[C@@H]3C. The number of ether oxygens (including phenoxy) is 7. The molecule has 616 valence electrons. The molecule has 0 aromatic carbocycles. The Morgan fingerprint density at radius 2 is 0.928 bits per heavy atom. The summed E-state index contributed by atoms with van der Waals surface area (Å²) >= 11 is 0. The molecule has 1 aliphatic carbocycles. The number of aromatic amines is 2. The quantitative estimate of drug-likeness (QED) is 0.0241. The zero-order valence-corrected chi connectivity index (χ0v) is 71.5. The lowest BCUT2D eigenvalue weighted by atomic mass is 9.83. The van der Waals surface area contributed by atoms with Gasteiger partial charge in [-0.05, 0) is 251 Å². The van der Waals surface area contributed by atoms with Crippen molar-refractivity contribution in [3.63, 3.8) is 0 Å². The Kier molecular flexibility index (Phi) is 31.0. The Morgan fingerprint density at radius 3 is 1.32 bits per heavy atom. The highest BCUT2D eigenvalue weighted by atomic mass is 16.6. The molecular weight excluding hydrogens is 1410 g/mol. The van der Waals surface area contributed by atoms with E-state index in [0.717, 1.165) is 80.8 Å². The smallest absolute Gasteiger partial charge is 0.306 e. The van der Waals surface area contributed by atoms with Gasteiger partial charge in [-0.2, -0.15) is 0 Å². The number of amides is 3. The van der Waals surface area contributed by atoms with Gasteiger partial charge in [0.2, 0.25) is 17.7 Å². The van der Waals surface area contributed by atoms with E-state index in [4.69, 9.17) is 43.1 Å². The number of aryl methyl sites for hydroxylation is 2. The second kappa shape index (κ2) is 37.6. The number of ketones is 1. The Labute approximate surface area is 658 Å². The summed E-state index contributed by atoms with van der Waals surface area (Å²) in [4.78, 5) is 164. The van der Waals surface area contributed by atoms with Crippen molar-refractivity contribution in [3.05, 3.63) is 68.8 Å². The summed E-state index contributed by atoms with van der Waals surface area (Å²) in [6.07, 6.45) is 1.62. The number of hydrogen-bond acceptors (Lipinski definition) is 19. The maximum absolute atomic E-state index is 16.0. The fourth-order valence-electron chi connectivity index (χ4n) is 14.8. The van der Waals surface area contributed by atoms with E-state index in [-0.39, 0.29) is 108 Å². The zero-order valence-electron chi connectivity index (χ0n) is 71.5. The monoisotopic (exact) mass is 1550 g/mol. The molecule has 0 fully saturated rings. The highest BCUT2D eigenvalue weighted by molar-refractivity contribution is 6.13. The fourth-order valence-corrected chi connectivity index (χ4v) is 14.8. The third-order valence-electron chi connectivity index (χ3n) is 19.8. The third-order valence-corrected chi connectivity index (χ3v) is 19.8. The Hall–Kier alpha value is -8.28. The molecule has 111 heavy (non-hydrogen) atoms. The van der Waals surface area contributed by atoms with Crippen molar-refractivity contribution in [2.75, 3.05) is 19.7 Å². The van der Waals surface area contributed by atoms with Gasteiger partial charge in [0.05, 0.1) is 28.7 Å². The zero-order chi connectivity index (χ0) is 83.3. The van der Waals surface area contributed by atoms with Crippen molar-refractivity contribution in [2.45, 2.75) is 364 Å². The van der Waals surface area contributed by atoms with Crippen LogP contribution in [0, 0.1) is 13.8 Å². The van der Waals surface area contributed by atoms with E-state index in [1.807, 2.05) is 26.0 Å². The summed E-state index contributed by atoms with van der Waals surface area (Å²) in [7, 11) is 0. The number of nitrogens with one attached hydrogen (secondary N) is 4. The number of esters is 6. The summed E-state index contributed by atoms with van der Waals surface area (Å²) in [5.41, 5.74) is 3.16. The van der Waals surface area contributed by atoms with Crippen molar-refractivity contribution in [1.82, 2.24) is 35.5 Å². The molecule has 1 unspecified atom stereocenters. The summed E-state index contributed by atoms with van der Waals surface area (Å²) in [6.45, 7) is 44.1. The largest absolute Gasteiger partial charge is 0.460 e. The lowest BCUT2D eigenvalue weighted by Crippen LogP contribution is -2.56. The topological polar surface area (TPSA) is 320 Å². The van der Waals surface area contributed by atoms with Gasteiger partial charge in [0.25, 0.3) is 0 Å². The Morgan fingerprint density at radius 1 is 0.523 bits per heavy atom. The van der Waals surface area contributed by atoms with Crippen molar-refractivity contribution >= 4 is 92.5 Å². The number of carbonyl (C=O) groups is 10. The summed E-state index contributed by atoms with van der Waals surface area (Å²) in [6, 6.07) is 6.11. The average Bonchev–Trinajstić information content (AvgIpc) is 1.58. The number of allylic oxidation sites excluding steroid dienone is 2. The van der Waals surface area contributed by atoms with Crippen molar-refractivity contribution in [3.8, 4) is 0 Å². The van der Waals surface area contributed by atoms with E-state index in [2.05, 4.69) is 61.3 Å². The number of Topliss-reactive ketones (excluding diaryl/α,β-unsaturated/α-hetero) is 1. The molecule has 0 saturated carbocycles. The molecule has 3 aliphatic rings. The lowest BCUT2D eigenvalue weighted by molar-refractivity contribution is -0.158. The highest BCUT2D eigenvalue weighted by Gasteiger charge is 2.42. The Balaban J connectivity index is 1.56. The van der Waals surface area contributed by atoms with Gasteiger partial charge in [-0.25, -0.2) is 4.98 Å². The van der Waals surface area contributed by atoms with Crippen LogP contribution in [0.25, 0.3) is 33.2 Å². The van der Waals surface area contributed by atoms with Crippen LogP contribution >= 0.6 is 0 Å². The summed E-state index contributed by atoms with van der Waals surface area (Å²) in [5, 5.41) is 6.15. The van der Waals surface area contributed by atoms with Gasteiger partial charge in [-0.1, -0.05) is 40.0 Å². The maximum atomic E-state index is 16.0. The number of rotatable bonds is 35. The maximum Gasteiger partial charge on any atom is 0.306 e. The van der Waals surface area contributed by atoms with Gasteiger partial charge >= 0.3 is 35.8 Å². The van der Waals surface area contributed by atoms with E-state index in [1.165, 1.54) is 0 Å². The molecule has 8 bridgehead atoms. The molecule has 4 N–H and O–H groups in total. The molecule has 2 aliphatic heterocycles. The van der Waals surface area contributed by atoms with Gasteiger partial charge in [-0.3, -0.25) is 52.9 Å². The standard InChI is InChI=1S/C87H131N7O17/c1-26-28-29-30-45-105-56(7)76-54(5)62-47-61-53(4)58(78(90-61)59-46-66(95)77-55(6)63(91-79(59)77)48-64-57(27-2)52(3)60(88-64)49-65(76)89-62)31-32-69(98)94(50-67(96)92-86(39-33-70(99)106-80(8,9)10,40-34-71(100)107-81(11,12)13)41-35-72(101)108-82(14,15)16)51-68(97)93-87(42-36-73(102)109-83(17,18)19,43-37-74(103)110-84(20,21)22)44-38-75(104)111-85(23,24)25/h47-49,53,56,58,89,91H,26-46,50-51H2,1-25H3,(H,92,96)(H,93,97)/t53-,56?,58-/m0/s1. The number of nitrogens with zero attached hydrogens (tertiary/aromatic N) is 3. The second-order valence-electron chi connectivity index (χ2n) is 36.6. The number of hydrogen-bond donors (Lipinski definition) is 4. The fraction of sp³-hybridized carbons (Fsp3) is 0.678. The molecule has 5 heterocycles. The first-order chi connectivity index (χ1) is 51.2. The molecule has 0 saturated heterocycles. The molecule has 24 heteroatoms. The molecule has 3 amide bonds. The summed E-state index contributed by atoms with van der Waals surface area (Å²) in [5.74, 6) is -7.20. The molecule has 0 spiro atoms. The molecular formula is C87H131N7O17. The van der Waals surface area contributed by atoms with Crippen LogP contribution < -0.4 is 10.6 Å². The number of H-pyrrole nitrogens is 2. The minimum Gasteiger partial charge on any atom is -0.460 e. The molecule has 0 radical (unpaired) electrons. The normalized spacial score (nSPS) is 15.2. The third kappa shape index (κ3) is 28.1. The number of unbranched alkanes of at least 4 members (excludes halogenated alkanes) is 3. The van der Waals surface area contributed by atoms with Crippen molar-refractivity contribution in [1.29, 1.82) is 0 Å². The lowest BCUT2D eigenvalue weighted by Gasteiger charge is -2.37. The van der Waals surface area contributed by atoms with E-state index >= 15 is 14.4 Å². The predicted octanol–water partition coefficient (Wildman–Crippen LogP) is 16.6. The van der Waals surface area contributed by atoms with Crippen LogP contribution in [0.1, 0.15) is 355 Å². The van der Waals surface area contributed by atoms with E-state index in [9.17, 15) is 33.6 Å². The first-order valence-electron chi connectivity index (χ1n) is 40.0. The predicted molar refractivity (Wildman–Crippen MR) is 429 cm³/mol. The number of fused-ring (bicyclic) bond motifs is 8. The first kappa shape index (κ1) is 91.6. The van der Waals surface area contributed by atoms with Crippen LogP contribution in [0.4, 0.5) is 0 Å². The minimum absolute atomic E-state index is 0.0170. The van der Waals surface area contributed by atoms with E-state index in [1.54, 1.807) is 125 Å². The van der Waals surface area contributed by atoms with Gasteiger partial charge in [0, 0.05) is 120 Å². The Bertz CT molecular complexity index is 3840. The number of carbonyl (C=O) groups excluding carboxylic acids is 10. The van der Waals surface area contributed by atoms with Gasteiger partial charge in [0.1, 0.15) is 46.7 Å². The highest BCUT2D eigenvalue weighted by Crippen LogP contribution is 2.46. The van der Waals surface area contributed by atoms with Gasteiger partial charge < -0.3 is 58.7 Å². The first-order valence-corrected chi connectivity index (χ1v) is 40.0. The van der Waals surface area contributed by atoms with Gasteiger partial charge in [0.15, 0.2) is 5.78 Å². The van der Waals surface area contributed by atoms with Crippen LogP contribution in [-0.4, -0.2) is 149 Å². The van der Waals surface area contributed by atoms with Crippen molar-refractivity contribution in [2.24, 2.45) is 0 Å². The molecule has 3 aromatic heterocycles. The average molecular weight is 1550 g/mol.